The molecule has 1 saturated carbocycles. The molecule has 1 saturated heterocycles. The van der Waals surface area contributed by atoms with E-state index in [1.807, 2.05) is 20.8 Å². The van der Waals surface area contributed by atoms with Gasteiger partial charge in [0.2, 0.25) is 11.8 Å². The van der Waals surface area contributed by atoms with Gasteiger partial charge >= 0.3 is 11.9 Å². The number of halogens is 2. The lowest BCUT2D eigenvalue weighted by molar-refractivity contribution is -0.159. The van der Waals surface area contributed by atoms with Gasteiger partial charge in [-0.1, -0.05) is 40.0 Å². The zero-order valence-electron chi connectivity index (χ0n) is 23.7. The topological polar surface area (TPSA) is 119 Å². The van der Waals surface area contributed by atoms with Crippen LogP contribution in [0.25, 0.3) is 0 Å². The number of nitrogens with zero attached hydrogens (tertiary/aromatic N) is 1. The monoisotopic (exact) mass is 578 g/mol. The third kappa shape index (κ3) is 10.7. The normalized spacial score (nSPS) is 20.1. The van der Waals surface area contributed by atoms with Gasteiger partial charge in [-0.2, -0.15) is 0 Å². The molecule has 2 aliphatic rings. The van der Waals surface area contributed by atoms with Crippen LogP contribution >= 0.6 is 23.2 Å². The maximum Gasteiger partial charge on any atom is 0.329 e. The Labute approximate surface area is 236 Å². The number of amides is 2. The number of alkyl halides is 2. The molecule has 9 nitrogen and oxygen atoms in total. The van der Waals surface area contributed by atoms with E-state index < -0.39 is 46.9 Å². The standard InChI is InChI=1S/C26H42N2O7.CH2Cl2/c1-25(2,3)21(23(32)28-15-17(29)13-19(28)24(33)34-7)27-22(31)18(16-11-9-8-10-12-16)14-20(30)35-26(4,5)6;2-1-3/h16,18-19,21H,8-15H2,1-7H3,(H,27,31);1H2/t18-,19-,21+;/m0./s1. The Kier molecular flexibility index (Phi) is 13.5. The zero-order chi connectivity index (χ0) is 29.3. The van der Waals surface area contributed by atoms with Crippen molar-refractivity contribution in [2.75, 3.05) is 19.0 Å². The number of likely N-dealkylation sites (tertiary alicyclic amines) is 1. The van der Waals surface area contributed by atoms with Gasteiger partial charge in [0.1, 0.15) is 17.7 Å². The molecule has 0 aromatic rings. The molecule has 0 bridgehead atoms. The average molecular weight is 580 g/mol. The highest BCUT2D eigenvalue weighted by molar-refractivity contribution is 6.40. The maximum atomic E-state index is 13.6. The van der Waals surface area contributed by atoms with Crippen molar-refractivity contribution in [1.29, 1.82) is 0 Å². The lowest BCUT2D eigenvalue weighted by Gasteiger charge is -2.37. The largest absolute Gasteiger partial charge is 0.467 e. The first-order chi connectivity index (χ1) is 17.5. The Morgan fingerprint density at radius 3 is 2.05 bits per heavy atom. The van der Waals surface area contributed by atoms with Crippen LogP contribution in [0.1, 0.15) is 86.5 Å². The molecule has 11 heteroatoms. The summed E-state index contributed by atoms with van der Waals surface area (Å²) in [4.78, 5) is 65.3. The Balaban J connectivity index is 0.00000229. The molecule has 0 radical (unpaired) electrons. The Bertz CT molecular complexity index is 845. The van der Waals surface area contributed by atoms with E-state index in [0.717, 1.165) is 32.1 Å². The third-order valence-corrected chi connectivity index (χ3v) is 6.66. The van der Waals surface area contributed by atoms with Crippen molar-refractivity contribution in [3.05, 3.63) is 0 Å². The van der Waals surface area contributed by atoms with Crippen LogP contribution in [0.2, 0.25) is 0 Å². The van der Waals surface area contributed by atoms with Gasteiger partial charge in [-0.3, -0.25) is 19.2 Å². The molecule has 1 aliphatic heterocycles. The van der Waals surface area contributed by atoms with Gasteiger partial charge < -0.3 is 19.7 Å². The number of hydrogen-bond donors (Lipinski definition) is 1. The van der Waals surface area contributed by atoms with Crippen LogP contribution in [-0.4, -0.2) is 71.1 Å². The molecule has 0 aromatic heterocycles. The van der Waals surface area contributed by atoms with E-state index in [2.05, 4.69) is 5.32 Å². The fourth-order valence-corrected chi connectivity index (χ4v) is 4.91. The quantitative estimate of drug-likeness (QED) is 0.355. The van der Waals surface area contributed by atoms with Crippen LogP contribution in [0.5, 0.6) is 0 Å². The minimum absolute atomic E-state index is 0.0168. The molecule has 218 valence electrons. The lowest BCUT2D eigenvalue weighted by Crippen LogP contribution is -2.58. The second kappa shape index (κ2) is 15.1. The molecule has 1 aliphatic carbocycles. The molecule has 1 heterocycles. The molecule has 38 heavy (non-hydrogen) atoms. The van der Waals surface area contributed by atoms with Crippen LogP contribution in [0, 0.1) is 17.3 Å². The Morgan fingerprint density at radius 2 is 1.58 bits per heavy atom. The highest BCUT2D eigenvalue weighted by Crippen LogP contribution is 2.34. The summed E-state index contributed by atoms with van der Waals surface area (Å²) in [7, 11) is 1.21. The van der Waals surface area contributed by atoms with Crippen molar-refractivity contribution < 1.29 is 33.4 Å². The fourth-order valence-electron chi connectivity index (χ4n) is 4.91. The summed E-state index contributed by atoms with van der Waals surface area (Å²) in [6, 6.07) is -1.99. The van der Waals surface area contributed by atoms with E-state index in [1.54, 1.807) is 20.8 Å². The van der Waals surface area contributed by atoms with Crippen LogP contribution in [0.4, 0.5) is 0 Å². The zero-order valence-corrected chi connectivity index (χ0v) is 25.2. The molecule has 0 unspecified atom stereocenters. The molecule has 2 rings (SSSR count). The lowest BCUT2D eigenvalue weighted by atomic mass is 9.77. The summed E-state index contributed by atoms with van der Waals surface area (Å²) in [5.74, 6) is -2.84. The first-order valence-electron chi connectivity index (χ1n) is 13.1. The smallest absolute Gasteiger partial charge is 0.329 e. The molecular weight excluding hydrogens is 535 g/mol. The van der Waals surface area contributed by atoms with E-state index in [0.29, 0.717) is 0 Å². The van der Waals surface area contributed by atoms with E-state index in [4.69, 9.17) is 32.7 Å². The SMILES string of the molecule is COC(=O)[C@@H]1CC(=O)CN1C(=O)[C@@H](NC(=O)[C@@H](CC(=O)OC(C)(C)C)C1CCCCC1)C(C)(C)C.ClCCl. The molecule has 1 N–H and O–H groups in total. The summed E-state index contributed by atoms with van der Waals surface area (Å²) < 4.78 is 10.3. The molecule has 0 spiro atoms. The third-order valence-electron chi connectivity index (χ3n) is 6.66. The van der Waals surface area contributed by atoms with E-state index in [1.165, 1.54) is 12.0 Å². The van der Waals surface area contributed by atoms with E-state index in [9.17, 15) is 24.0 Å². The van der Waals surface area contributed by atoms with Gasteiger partial charge in [0.15, 0.2) is 5.78 Å². The number of methoxy groups -OCH3 is 1. The van der Waals surface area contributed by atoms with Gasteiger partial charge in [-0.05, 0) is 44.9 Å². The summed E-state index contributed by atoms with van der Waals surface area (Å²) in [6.07, 6.45) is 4.57. The van der Waals surface area contributed by atoms with E-state index in [-0.39, 0.29) is 42.3 Å². The van der Waals surface area contributed by atoms with Crippen LogP contribution < -0.4 is 5.32 Å². The molecule has 0 aromatic carbocycles. The van der Waals surface area contributed by atoms with E-state index >= 15 is 0 Å². The summed E-state index contributed by atoms with van der Waals surface area (Å²) in [6.45, 7) is 10.6. The minimum Gasteiger partial charge on any atom is -0.467 e. The summed E-state index contributed by atoms with van der Waals surface area (Å²) in [5.41, 5.74) is -1.37. The van der Waals surface area contributed by atoms with Crippen molar-refractivity contribution >= 4 is 52.7 Å². The number of carbonyl (C=O) groups is 5. The Morgan fingerprint density at radius 1 is 1.03 bits per heavy atom. The summed E-state index contributed by atoms with van der Waals surface area (Å²) in [5, 5.41) is 3.08. The first kappa shape index (κ1) is 34.2. The summed E-state index contributed by atoms with van der Waals surface area (Å²) >= 11 is 9.53. The van der Waals surface area contributed by atoms with Gasteiger partial charge in [0.05, 0.1) is 31.3 Å². The van der Waals surface area contributed by atoms with Crippen molar-refractivity contribution in [2.45, 2.75) is 104 Å². The molecule has 2 fully saturated rings. The predicted octanol–water partition coefficient (Wildman–Crippen LogP) is 4.21. The second-order valence-corrected chi connectivity index (χ2v) is 12.8. The fraction of sp³-hybridized carbons (Fsp3) is 0.815. The van der Waals surface area contributed by atoms with Crippen molar-refractivity contribution in [2.24, 2.45) is 17.3 Å². The number of esters is 2. The van der Waals surface area contributed by atoms with Crippen LogP contribution in [-0.2, 0) is 33.4 Å². The second-order valence-electron chi connectivity index (χ2n) is 12.0. The minimum atomic E-state index is -1.00. The average Bonchev–Trinajstić information content (AvgIpc) is 3.20. The Hall–Kier alpha value is -1.87. The number of carbonyl (C=O) groups excluding carboxylic acids is 5. The van der Waals surface area contributed by atoms with Crippen molar-refractivity contribution in [3.63, 3.8) is 0 Å². The van der Waals surface area contributed by atoms with Gasteiger partial charge in [-0.15, -0.1) is 23.2 Å². The molecule has 3 atom stereocenters. The number of rotatable bonds is 7. The van der Waals surface area contributed by atoms with Crippen molar-refractivity contribution in [1.82, 2.24) is 10.2 Å². The highest BCUT2D eigenvalue weighted by Gasteiger charge is 2.46. The van der Waals surface area contributed by atoms with Crippen LogP contribution in [0.15, 0.2) is 0 Å². The van der Waals surface area contributed by atoms with Gasteiger partial charge in [0, 0.05) is 6.42 Å². The number of ketones is 1. The van der Waals surface area contributed by atoms with Gasteiger partial charge in [-0.25, -0.2) is 4.79 Å². The number of nitrogens with one attached hydrogen (secondary N) is 1. The number of hydrogen-bond acceptors (Lipinski definition) is 7. The predicted molar refractivity (Wildman–Crippen MR) is 146 cm³/mol. The highest BCUT2D eigenvalue weighted by atomic mass is 35.5. The maximum absolute atomic E-state index is 13.6. The van der Waals surface area contributed by atoms with Crippen LogP contribution in [0.3, 0.4) is 0 Å². The van der Waals surface area contributed by atoms with Gasteiger partial charge in [0.25, 0.3) is 0 Å². The number of ether oxygens (including phenoxy) is 2. The molecule has 2 amide bonds. The first-order valence-corrected chi connectivity index (χ1v) is 14.2. The van der Waals surface area contributed by atoms with Crippen molar-refractivity contribution in [3.8, 4) is 0 Å². The number of Topliss-reactive ketones (excluding diaryl/α,β-unsaturated/α-hetero) is 1. The molecular formula is C27H44Cl2N2O7.